The van der Waals surface area contributed by atoms with Gasteiger partial charge < -0.3 is 9.64 Å². The summed E-state index contributed by atoms with van der Waals surface area (Å²) >= 11 is 1.41. The number of piperidine rings is 1. The highest BCUT2D eigenvalue weighted by molar-refractivity contribution is 7.09. The Morgan fingerprint density at radius 1 is 1.59 bits per heavy atom. The molecule has 5 nitrogen and oxygen atoms in total. The van der Waals surface area contributed by atoms with Gasteiger partial charge in [-0.05, 0) is 26.2 Å². The lowest BCUT2D eigenvalue weighted by atomic mass is 10.00. The number of rotatable bonds is 3. The Hall–Kier alpha value is -1.17. The molecule has 6 heteroatoms. The van der Waals surface area contributed by atoms with Gasteiger partial charge in [0, 0.05) is 24.1 Å². The minimum Gasteiger partial charge on any atom is -0.469 e. The Labute approximate surface area is 105 Å². The molecule has 17 heavy (non-hydrogen) atoms. The van der Waals surface area contributed by atoms with Crippen molar-refractivity contribution in [3.05, 3.63) is 5.82 Å². The van der Waals surface area contributed by atoms with Crippen molar-refractivity contribution in [2.45, 2.75) is 38.6 Å². The maximum absolute atomic E-state index is 11.4. The Balaban J connectivity index is 2.09. The summed E-state index contributed by atoms with van der Waals surface area (Å²) in [5.41, 5.74) is 0. The van der Waals surface area contributed by atoms with Crippen LogP contribution in [0.1, 0.15) is 31.5 Å². The first-order chi connectivity index (χ1) is 8.20. The molecule has 1 aromatic heterocycles. The van der Waals surface area contributed by atoms with Crippen LogP contribution >= 0.6 is 11.5 Å². The molecule has 2 rings (SSSR count). The van der Waals surface area contributed by atoms with Gasteiger partial charge in [0.05, 0.1) is 13.5 Å². The van der Waals surface area contributed by atoms with Crippen molar-refractivity contribution >= 4 is 22.6 Å². The van der Waals surface area contributed by atoms with Crippen LogP contribution in [-0.2, 0) is 9.53 Å². The summed E-state index contributed by atoms with van der Waals surface area (Å²) in [6.45, 7) is 2.84. The van der Waals surface area contributed by atoms with Gasteiger partial charge in [-0.1, -0.05) is 0 Å². The predicted molar refractivity (Wildman–Crippen MR) is 66.3 cm³/mol. The van der Waals surface area contributed by atoms with Crippen molar-refractivity contribution < 1.29 is 9.53 Å². The van der Waals surface area contributed by atoms with Crippen LogP contribution in [0.3, 0.4) is 0 Å². The zero-order valence-corrected chi connectivity index (χ0v) is 11.0. The molecular weight excluding hydrogens is 238 g/mol. The Bertz CT molecular complexity index is 394. The van der Waals surface area contributed by atoms with E-state index < -0.39 is 0 Å². The first-order valence-electron chi connectivity index (χ1n) is 5.84. The molecule has 1 fully saturated rings. The highest BCUT2D eigenvalue weighted by Gasteiger charge is 2.27. The Morgan fingerprint density at radius 2 is 2.41 bits per heavy atom. The fourth-order valence-corrected chi connectivity index (χ4v) is 2.92. The number of aryl methyl sites for hydroxylation is 1. The first kappa shape index (κ1) is 12.3. The average Bonchev–Trinajstić information content (AvgIpc) is 2.76. The molecule has 1 aromatic rings. The number of ether oxygens (including phenoxy) is 1. The standard InChI is InChI=1S/C11H17N3O2S/c1-8-12-11(17-13-8)14-6-4-3-5-9(14)7-10(15)16-2/h9H,3-7H2,1-2H3. The van der Waals surface area contributed by atoms with Gasteiger partial charge in [-0.15, -0.1) is 0 Å². The number of aromatic nitrogens is 2. The summed E-state index contributed by atoms with van der Waals surface area (Å²) in [5, 5.41) is 0.927. The molecule has 1 aliphatic heterocycles. The molecule has 0 N–H and O–H groups in total. The molecule has 1 saturated heterocycles. The number of esters is 1. The highest BCUT2D eigenvalue weighted by Crippen LogP contribution is 2.27. The maximum atomic E-state index is 11.4. The number of nitrogens with zero attached hydrogens (tertiary/aromatic N) is 3. The second-order valence-corrected chi connectivity index (χ2v) is 4.98. The number of carbonyl (C=O) groups excluding carboxylic acids is 1. The van der Waals surface area contributed by atoms with Gasteiger partial charge in [0.1, 0.15) is 5.82 Å². The van der Waals surface area contributed by atoms with E-state index in [0.29, 0.717) is 6.42 Å². The van der Waals surface area contributed by atoms with Crippen LogP contribution in [0.25, 0.3) is 0 Å². The lowest BCUT2D eigenvalue weighted by Crippen LogP contribution is -2.41. The summed E-state index contributed by atoms with van der Waals surface area (Å²) in [7, 11) is 1.44. The molecule has 1 atom stereocenters. The van der Waals surface area contributed by atoms with E-state index in [0.717, 1.165) is 36.8 Å². The SMILES string of the molecule is COC(=O)CC1CCCCN1c1nc(C)ns1. The van der Waals surface area contributed by atoms with Gasteiger partial charge in [-0.2, -0.15) is 4.37 Å². The molecule has 0 bridgehead atoms. The molecule has 94 valence electrons. The van der Waals surface area contributed by atoms with Crippen molar-refractivity contribution in [3.8, 4) is 0 Å². The number of hydrogen-bond acceptors (Lipinski definition) is 6. The quantitative estimate of drug-likeness (QED) is 0.770. The van der Waals surface area contributed by atoms with Crippen molar-refractivity contribution in [2.75, 3.05) is 18.6 Å². The second kappa shape index (κ2) is 5.44. The van der Waals surface area contributed by atoms with Gasteiger partial charge >= 0.3 is 5.97 Å². The van der Waals surface area contributed by atoms with E-state index in [4.69, 9.17) is 4.74 Å². The molecule has 0 amide bonds. The molecule has 2 heterocycles. The Morgan fingerprint density at radius 3 is 3.06 bits per heavy atom. The average molecular weight is 255 g/mol. The van der Waals surface area contributed by atoms with Crippen LogP contribution in [0.4, 0.5) is 5.13 Å². The Kier molecular flexibility index (Phi) is 3.93. The lowest BCUT2D eigenvalue weighted by molar-refractivity contribution is -0.141. The highest BCUT2D eigenvalue weighted by atomic mass is 32.1. The third kappa shape index (κ3) is 2.94. The summed E-state index contributed by atoms with van der Waals surface area (Å²) < 4.78 is 8.94. The number of hydrogen-bond donors (Lipinski definition) is 0. The van der Waals surface area contributed by atoms with Gasteiger partial charge in [0.15, 0.2) is 0 Å². The molecular formula is C11H17N3O2S. The molecule has 1 unspecified atom stereocenters. The van der Waals surface area contributed by atoms with Gasteiger partial charge in [-0.25, -0.2) is 4.98 Å². The minimum atomic E-state index is -0.150. The van der Waals surface area contributed by atoms with Crippen LogP contribution in [0.15, 0.2) is 0 Å². The van der Waals surface area contributed by atoms with Gasteiger partial charge in [-0.3, -0.25) is 4.79 Å². The van der Waals surface area contributed by atoms with Crippen molar-refractivity contribution in [2.24, 2.45) is 0 Å². The lowest BCUT2D eigenvalue weighted by Gasteiger charge is -2.34. The fourth-order valence-electron chi connectivity index (χ4n) is 2.14. The summed E-state index contributed by atoms with van der Waals surface area (Å²) in [6.07, 6.45) is 3.77. The van der Waals surface area contributed by atoms with Crippen LogP contribution < -0.4 is 4.90 Å². The third-order valence-corrected chi connectivity index (χ3v) is 3.86. The van der Waals surface area contributed by atoms with Crippen LogP contribution in [0.2, 0.25) is 0 Å². The normalized spacial score (nSPS) is 20.4. The van der Waals surface area contributed by atoms with E-state index in [-0.39, 0.29) is 12.0 Å². The minimum absolute atomic E-state index is 0.150. The van der Waals surface area contributed by atoms with Crippen LogP contribution in [0.5, 0.6) is 0 Å². The van der Waals surface area contributed by atoms with E-state index in [1.165, 1.54) is 18.6 Å². The van der Waals surface area contributed by atoms with E-state index in [2.05, 4.69) is 14.3 Å². The molecule has 0 aliphatic carbocycles. The van der Waals surface area contributed by atoms with Gasteiger partial charge in [0.25, 0.3) is 0 Å². The molecule has 1 aliphatic rings. The summed E-state index contributed by atoms with van der Waals surface area (Å²) in [5.74, 6) is 0.649. The first-order valence-corrected chi connectivity index (χ1v) is 6.62. The van der Waals surface area contributed by atoms with Crippen LogP contribution in [-0.4, -0.2) is 35.0 Å². The zero-order chi connectivity index (χ0) is 12.3. The number of carbonyl (C=O) groups is 1. The largest absolute Gasteiger partial charge is 0.469 e. The smallest absolute Gasteiger partial charge is 0.307 e. The number of methoxy groups -OCH3 is 1. The van der Waals surface area contributed by atoms with E-state index >= 15 is 0 Å². The van der Waals surface area contributed by atoms with Crippen LogP contribution in [0, 0.1) is 6.92 Å². The molecule has 0 saturated carbocycles. The summed E-state index contributed by atoms with van der Waals surface area (Å²) in [4.78, 5) is 18.0. The maximum Gasteiger partial charge on any atom is 0.307 e. The van der Waals surface area contributed by atoms with Crippen molar-refractivity contribution in [3.63, 3.8) is 0 Å². The molecule has 0 aromatic carbocycles. The topological polar surface area (TPSA) is 55.3 Å². The van der Waals surface area contributed by atoms with Crippen molar-refractivity contribution in [1.29, 1.82) is 0 Å². The van der Waals surface area contributed by atoms with E-state index in [1.54, 1.807) is 0 Å². The molecule has 0 radical (unpaired) electrons. The number of anilines is 1. The monoisotopic (exact) mass is 255 g/mol. The summed E-state index contributed by atoms with van der Waals surface area (Å²) in [6, 6.07) is 0.212. The fraction of sp³-hybridized carbons (Fsp3) is 0.727. The second-order valence-electron chi connectivity index (χ2n) is 4.25. The van der Waals surface area contributed by atoms with E-state index in [9.17, 15) is 4.79 Å². The third-order valence-electron chi connectivity index (χ3n) is 3.02. The zero-order valence-electron chi connectivity index (χ0n) is 10.2. The van der Waals surface area contributed by atoms with Crippen molar-refractivity contribution in [1.82, 2.24) is 9.36 Å². The van der Waals surface area contributed by atoms with E-state index in [1.807, 2.05) is 6.92 Å². The van der Waals surface area contributed by atoms with Gasteiger partial charge in [0.2, 0.25) is 5.13 Å². The predicted octanol–water partition coefficient (Wildman–Crippen LogP) is 1.77. The molecule has 0 spiro atoms.